The van der Waals surface area contributed by atoms with Crippen molar-refractivity contribution in [2.45, 2.75) is 38.4 Å². The number of nitrogens with one attached hydrogen (secondary N) is 2. The van der Waals surface area contributed by atoms with Gasteiger partial charge in [-0.1, -0.05) is 18.2 Å². The third kappa shape index (κ3) is 8.46. The van der Waals surface area contributed by atoms with Gasteiger partial charge in [0.25, 0.3) is 0 Å². The van der Waals surface area contributed by atoms with Crippen LogP contribution in [-0.2, 0) is 29.0 Å². The zero-order chi connectivity index (χ0) is 23.6. The topological polar surface area (TPSA) is 108 Å². The van der Waals surface area contributed by atoms with Gasteiger partial charge in [-0.2, -0.15) is 13.2 Å². The fourth-order valence-corrected chi connectivity index (χ4v) is 3.00. The van der Waals surface area contributed by atoms with Crippen LogP contribution in [0.15, 0.2) is 42.6 Å². The Morgan fingerprint density at radius 1 is 1.03 bits per heavy atom. The summed E-state index contributed by atoms with van der Waals surface area (Å²) in [6.45, 7) is 2.32. The number of rotatable bonds is 6. The zero-order valence-electron chi connectivity index (χ0n) is 17.2. The van der Waals surface area contributed by atoms with Crippen molar-refractivity contribution in [2.75, 3.05) is 13.1 Å². The number of carbonyl (C=O) groups is 3. The van der Waals surface area contributed by atoms with Crippen molar-refractivity contribution in [1.82, 2.24) is 15.6 Å². The highest BCUT2D eigenvalue weighted by molar-refractivity contribution is 5.98. The number of benzene rings is 1. The fraction of sp³-hybridized carbons (Fsp3) is 0.364. The zero-order valence-corrected chi connectivity index (χ0v) is 17.2. The van der Waals surface area contributed by atoms with E-state index in [1.807, 2.05) is 30.3 Å². The minimum absolute atomic E-state index is 0.0213. The number of nitrogens with zero attached hydrogens (tertiary/aromatic N) is 1. The van der Waals surface area contributed by atoms with Crippen molar-refractivity contribution < 1.29 is 32.7 Å². The second-order valence-electron chi connectivity index (χ2n) is 7.06. The van der Waals surface area contributed by atoms with Gasteiger partial charge in [-0.15, -0.1) is 0 Å². The van der Waals surface area contributed by atoms with Crippen molar-refractivity contribution in [3.8, 4) is 0 Å². The molecule has 3 N–H and O–H groups in total. The molecule has 1 aromatic heterocycles. The lowest BCUT2D eigenvalue weighted by atomic mass is 9.97. The van der Waals surface area contributed by atoms with E-state index in [-0.39, 0.29) is 24.5 Å². The molecule has 0 fully saturated rings. The van der Waals surface area contributed by atoms with E-state index in [9.17, 15) is 22.8 Å². The molecule has 2 heterocycles. The van der Waals surface area contributed by atoms with E-state index < -0.39 is 12.1 Å². The molecular weight excluding hydrogens is 427 g/mol. The van der Waals surface area contributed by atoms with Gasteiger partial charge in [0, 0.05) is 24.6 Å². The van der Waals surface area contributed by atoms with Crippen LogP contribution in [-0.4, -0.2) is 47.0 Å². The molecule has 172 valence electrons. The number of carboxylic acid groups (broad SMARTS) is 1. The van der Waals surface area contributed by atoms with Crippen molar-refractivity contribution in [2.24, 2.45) is 0 Å². The molecule has 3 rings (SSSR count). The van der Waals surface area contributed by atoms with Gasteiger partial charge in [0.15, 0.2) is 5.78 Å². The number of Topliss-reactive ketones (excluding diaryl/α,β-unsaturated/α-hetero) is 1. The number of halogens is 3. The molecule has 32 heavy (non-hydrogen) atoms. The molecule has 1 aliphatic rings. The van der Waals surface area contributed by atoms with Crippen LogP contribution in [0, 0.1) is 0 Å². The fourth-order valence-electron chi connectivity index (χ4n) is 3.00. The number of carbonyl (C=O) groups excluding carboxylic acids is 2. The Morgan fingerprint density at radius 3 is 2.34 bits per heavy atom. The summed E-state index contributed by atoms with van der Waals surface area (Å²) in [6.07, 6.45) is -1.02. The second-order valence-corrected chi connectivity index (χ2v) is 7.06. The summed E-state index contributed by atoms with van der Waals surface area (Å²) in [4.78, 5) is 37.4. The maximum Gasteiger partial charge on any atom is 0.490 e. The highest BCUT2D eigenvalue weighted by Gasteiger charge is 2.38. The minimum atomic E-state index is -5.08. The normalized spacial score (nSPS) is 13.1. The minimum Gasteiger partial charge on any atom is -0.475 e. The molecule has 0 bridgehead atoms. The maximum atomic E-state index is 12.4. The summed E-state index contributed by atoms with van der Waals surface area (Å²) in [5, 5.41) is 13.3. The van der Waals surface area contributed by atoms with E-state index in [1.165, 1.54) is 11.1 Å². The van der Waals surface area contributed by atoms with Crippen LogP contribution in [0.1, 0.15) is 40.0 Å². The standard InChI is InChI=1S/C20H23N3O2.C2HF3O2/c24-19(6-7-20(25)23-14-18-3-1-2-10-22-18)17-5-4-15-8-11-21-12-9-16(15)13-17;3-2(4,5)1(6)7/h1-5,10,13,21H,6-9,11-12,14H2,(H,23,25);(H,6,7). The predicted molar refractivity (Wildman–Crippen MR) is 110 cm³/mol. The third-order valence-corrected chi connectivity index (χ3v) is 4.68. The van der Waals surface area contributed by atoms with Crippen molar-refractivity contribution in [3.05, 3.63) is 65.0 Å². The van der Waals surface area contributed by atoms with Crippen LogP contribution < -0.4 is 10.6 Å². The lowest BCUT2D eigenvalue weighted by molar-refractivity contribution is -0.192. The molecule has 7 nitrogen and oxygen atoms in total. The van der Waals surface area contributed by atoms with E-state index in [0.717, 1.165) is 31.6 Å². The summed E-state index contributed by atoms with van der Waals surface area (Å²) >= 11 is 0. The molecule has 0 spiro atoms. The molecule has 0 radical (unpaired) electrons. The summed E-state index contributed by atoms with van der Waals surface area (Å²) in [5.74, 6) is -2.86. The van der Waals surface area contributed by atoms with E-state index in [4.69, 9.17) is 9.90 Å². The number of hydrogen-bond donors (Lipinski definition) is 3. The Kier molecular flexibility index (Phi) is 9.33. The Morgan fingerprint density at radius 2 is 1.72 bits per heavy atom. The highest BCUT2D eigenvalue weighted by Crippen LogP contribution is 2.17. The van der Waals surface area contributed by atoms with Crippen LogP contribution in [0.5, 0.6) is 0 Å². The smallest absolute Gasteiger partial charge is 0.475 e. The van der Waals surface area contributed by atoms with Gasteiger partial charge in [-0.3, -0.25) is 14.6 Å². The molecule has 10 heteroatoms. The Hall–Kier alpha value is -3.27. The quantitative estimate of drug-likeness (QED) is 0.583. The highest BCUT2D eigenvalue weighted by atomic mass is 19.4. The summed E-state index contributed by atoms with van der Waals surface area (Å²) in [6, 6.07) is 11.5. The van der Waals surface area contributed by atoms with Gasteiger partial charge in [-0.05, 0) is 55.3 Å². The van der Waals surface area contributed by atoms with E-state index in [0.29, 0.717) is 12.1 Å². The number of alkyl halides is 3. The average Bonchev–Trinajstić information content (AvgIpc) is 3.01. The number of ketones is 1. The molecule has 2 aromatic rings. The van der Waals surface area contributed by atoms with Gasteiger partial charge in [0.05, 0.1) is 12.2 Å². The van der Waals surface area contributed by atoms with Crippen LogP contribution in [0.25, 0.3) is 0 Å². The molecule has 0 saturated heterocycles. The van der Waals surface area contributed by atoms with Crippen molar-refractivity contribution in [1.29, 1.82) is 0 Å². The maximum absolute atomic E-state index is 12.4. The molecule has 1 aromatic carbocycles. The number of hydrogen-bond acceptors (Lipinski definition) is 5. The third-order valence-electron chi connectivity index (χ3n) is 4.68. The summed E-state index contributed by atoms with van der Waals surface area (Å²) in [5.41, 5.74) is 4.07. The SMILES string of the molecule is O=C(CCC(=O)c1ccc2c(c1)CCNCC2)NCc1ccccn1.O=C(O)C(F)(F)F. The molecule has 0 unspecified atom stereocenters. The van der Waals surface area contributed by atoms with Gasteiger partial charge in [0.1, 0.15) is 0 Å². The first-order chi connectivity index (χ1) is 15.2. The predicted octanol–water partition coefficient (Wildman–Crippen LogP) is 2.68. The van der Waals surface area contributed by atoms with Crippen molar-refractivity contribution >= 4 is 17.7 Å². The first-order valence-corrected chi connectivity index (χ1v) is 9.99. The number of pyridine rings is 1. The van der Waals surface area contributed by atoms with Gasteiger partial charge < -0.3 is 15.7 Å². The summed E-state index contributed by atoms with van der Waals surface area (Å²) < 4.78 is 31.7. The lowest BCUT2D eigenvalue weighted by Gasteiger charge is -2.08. The Balaban J connectivity index is 0.000000451. The van der Waals surface area contributed by atoms with Gasteiger partial charge in [-0.25, -0.2) is 4.79 Å². The number of amides is 1. The van der Waals surface area contributed by atoms with Crippen molar-refractivity contribution in [3.63, 3.8) is 0 Å². The molecule has 0 atom stereocenters. The molecule has 0 aliphatic carbocycles. The van der Waals surface area contributed by atoms with E-state index in [1.54, 1.807) is 6.20 Å². The average molecular weight is 451 g/mol. The molecule has 1 aliphatic heterocycles. The first-order valence-electron chi connectivity index (χ1n) is 9.99. The van der Waals surface area contributed by atoms with Gasteiger partial charge in [0.2, 0.25) is 5.91 Å². The lowest BCUT2D eigenvalue weighted by Crippen LogP contribution is -2.23. The number of aliphatic carboxylic acids is 1. The Bertz CT molecular complexity index is 934. The molecular formula is C22H24F3N3O4. The van der Waals surface area contributed by atoms with Crippen LogP contribution >= 0.6 is 0 Å². The summed E-state index contributed by atoms with van der Waals surface area (Å²) in [7, 11) is 0. The number of carboxylic acids is 1. The van der Waals surface area contributed by atoms with Crippen LogP contribution in [0.2, 0.25) is 0 Å². The van der Waals surface area contributed by atoms with Gasteiger partial charge >= 0.3 is 12.1 Å². The van der Waals surface area contributed by atoms with Crippen LogP contribution in [0.4, 0.5) is 13.2 Å². The molecule has 0 saturated carbocycles. The first kappa shape index (κ1) is 25.0. The van der Waals surface area contributed by atoms with Crippen LogP contribution in [0.3, 0.4) is 0 Å². The van der Waals surface area contributed by atoms with E-state index >= 15 is 0 Å². The monoisotopic (exact) mass is 451 g/mol. The molecule has 1 amide bonds. The second kappa shape index (κ2) is 11.9. The number of aromatic nitrogens is 1. The van der Waals surface area contributed by atoms with E-state index in [2.05, 4.69) is 21.7 Å². The Labute approximate surface area is 183 Å². The number of fused-ring (bicyclic) bond motifs is 1. The largest absolute Gasteiger partial charge is 0.490 e.